The predicted molar refractivity (Wildman–Crippen MR) is 138 cm³/mol. The molecule has 1 heterocycles. The summed E-state index contributed by atoms with van der Waals surface area (Å²) >= 11 is 0. The van der Waals surface area contributed by atoms with Crippen LogP contribution in [0.4, 0.5) is 0 Å². The van der Waals surface area contributed by atoms with E-state index in [2.05, 4.69) is 119 Å². The fourth-order valence-corrected chi connectivity index (χ4v) is 19.8. The summed E-state index contributed by atoms with van der Waals surface area (Å²) in [5.41, 5.74) is 5.81. The smallest absolute Gasteiger partial charge is 0.193 e. The van der Waals surface area contributed by atoms with Crippen LogP contribution in [-0.4, -0.2) is 34.8 Å². The maximum atomic E-state index is 5.58. The van der Waals surface area contributed by atoms with Gasteiger partial charge in [-0.15, -0.1) is 0 Å². The first-order chi connectivity index (χ1) is 11.9. The molecule has 0 saturated carbocycles. The third kappa shape index (κ3) is 5.12. The number of nitrogens with zero attached hydrogens (tertiary/aromatic N) is 2. The summed E-state index contributed by atoms with van der Waals surface area (Å²) in [6, 6.07) is 0. The molecule has 0 fully saturated rings. The highest BCUT2D eigenvalue weighted by Crippen LogP contribution is 2.57. The van der Waals surface area contributed by atoms with Crippen LogP contribution >= 0.6 is 0 Å². The lowest BCUT2D eigenvalue weighted by atomic mass is 9.91. The molecule has 0 N–H and O–H groups in total. The van der Waals surface area contributed by atoms with E-state index in [1.165, 1.54) is 11.4 Å². The average molecular weight is 439 g/mol. The van der Waals surface area contributed by atoms with E-state index in [1.54, 1.807) is 0 Å². The van der Waals surface area contributed by atoms with Crippen molar-refractivity contribution in [2.24, 2.45) is 15.9 Å². The van der Waals surface area contributed by atoms with Gasteiger partial charge in [0.05, 0.1) is 16.1 Å². The van der Waals surface area contributed by atoms with E-state index >= 15 is 0 Å². The lowest BCUT2D eigenvalue weighted by Gasteiger charge is -2.52. The molecule has 0 saturated heterocycles. The van der Waals surface area contributed by atoms with Crippen molar-refractivity contribution in [3.05, 3.63) is 11.4 Å². The summed E-state index contributed by atoms with van der Waals surface area (Å²) in [6.07, 6.45) is 0. The molecular formula is C23H50N2Si3. The summed E-state index contributed by atoms with van der Waals surface area (Å²) in [7, 11) is -4.85. The minimum atomic E-state index is -1.98. The zero-order chi connectivity index (χ0) is 22.7. The first kappa shape index (κ1) is 25.9. The number of hydrogen-bond donors (Lipinski definition) is 0. The molecule has 0 aromatic carbocycles. The quantitative estimate of drug-likeness (QED) is 0.406. The second-order valence-corrected chi connectivity index (χ2v) is 30.1. The third-order valence-corrected chi connectivity index (χ3v) is 19.3. The van der Waals surface area contributed by atoms with Gasteiger partial charge in [-0.25, -0.2) is 0 Å². The largest absolute Gasteiger partial charge is 0.298 e. The Morgan fingerprint density at radius 2 is 1.32 bits per heavy atom. The topological polar surface area (TPSA) is 15.6 Å². The van der Waals surface area contributed by atoms with Gasteiger partial charge in [-0.1, -0.05) is 107 Å². The maximum Gasteiger partial charge on any atom is 0.193 e. The van der Waals surface area contributed by atoms with Gasteiger partial charge in [-0.3, -0.25) is 4.67 Å². The average Bonchev–Trinajstić information content (AvgIpc) is 2.67. The van der Waals surface area contributed by atoms with E-state index < -0.39 is 24.4 Å². The van der Waals surface area contributed by atoms with Crippen LogP contribution in [0.2, 0.25) is 56.0 Å². The van der Waals surface area contributed by atoms with E-state index in [0.717, 1.165) is 0 Å². The molecule has 2 nitrogen and oxygen atoms in total. The Hall–Kier alpha value is -0.139. The van der Waals surface area contributed by atoms with Crippen molar-refractivity contribution in [1.82, 2.24) is 4.67 Å². The normalized spacial score (nSPS) is 26.0. The van der Waals surface area contributed by atoms with Crippen LogP contribution < -0.4 is 0 Å². The Kier molecular flexibility index (Phi) is 6.68. The van der Waals surface area contributed by atoms with Gasteiger partial charge in [0.25, 0.3) is 0 Å². The van der Waals surface area contributed by atoms with Gasteiger partial charge in [0.15, 0.2) is 8.24 Å². The lowest BCUT2D eigenvalue weighted by Crippen LogP contribution is -2.62. The molecule has 28 heavy (non-hydrogen) atoms. The van der Waals surface area contributed by atoms with Gasteiger partial charge in [-0.05, 0) is 11.6 Å². The number of hydrazone groups is 1. The van der Waals surface area contributed by atoms with Crippen molar-refractivity contribution in [2.45, 2.75) is 118 Å². The van der Waals surface area contributed by atoms with Crippen molar-refractivity contribution in [2.75, 3.05) is 0 Å². The number of hydrogen-bond acceptors (Lipinski definition) is 2. The summed E-state index contributed by atoms with van der Waals surface area (Å²) < 4.78 is 2.65. The number of rotatable bonds is 3. The molecular weight excluding hydrogens is 389 g/mol. The summed E-state index contributed by atoms with van der Waals surface area (Å²) in [6.45, 7) is 39.4. The summed E-state index contributed by atoms with van der Waals surface area (Å²) in [5, 5.41) is 6.49. The van der Waals surface area contributed by atoms with Gasteiger partial charge in [0.2, 0.25) is 0 Å². The molecule has 0 amide bonds. The molecule has 0 aliphatic carbocycles. The Labute approximate surface area is 180 Å². The molecule has 0 aromatic heterocycles. The van der Waals surface area contributed by atoms with Crippen LogP contribution in [0, 0.1) is 10.8 Å². The van der Waals surface area contributed by atoms with Crippen LogP contribution in [0.1, 0.15) is 62.3 Å². The van der Waals surface area contributed by atoms with E-state index in [0.29, 0.717) is 5.16 Å². The Bertz CT molecular complexity index is 644. The molecule has 1 aliphatic rings. The van der Waals surface area contributed by atoms with Gasteiger partial charge < -0.3 is 0 Å². The SMILES string of the molecule is CC(C)(C)C1=NN(/C(=C\[Si](C)(C)C)C(C)(C)C)[Si](C)(C(C)(C)C)C1[Si](C)(C)C. The standard InChI is InChI=1S/C23H50N2Si3/c1-21(2,3)18(17-26(10,11)12)25-24-19(22(4,5)6)20(27(13,14)15)28(25,16)23(7,8)9/h17,20H,1-16H3/b18-17-. The molecule has 0 aromatic rings. The summed E-state index contributed by atoms with van der Waals surface area (Å²) in [4.78, 5) is 0. The van der Waals surface area contributed by atoms with Crippen LogP contribution in [0.3, 0.4) is 0 Å². The Morgan fingerprint density at radius 1 is 0.893 bits per heavy atom. The van der Waals surface area contributed by atoms with Crippen molar-refractivity contribution in [1.29, 1.82) is 0 Å². The highest BCUT2D eigenvalue weighted by Gasteiger charge is 2.63. The first-order valence-corrected chi connectivity index (χ1v) is 20.7. The second kappa shape index (κ2) is 7.23. The zero-order valence-electron chi connectivity index (χ0n) is 22.0. The van der Waals surface area contributed by atoms with Gasteiger partial charge in [-0.2, -0.15) is 5.10 Å². The van der Waals surface area contributed by atoms with Gasteiger partial charge in [0, 0.05) is 27.4 Å². The lowest BCUT2D eigenvalue weighted by molar-refractivity contribution is 0.366. The second-order valence-electron chi connectivity index (χ2n) is 14.4. The van der Waals surface area contributed by atoms with E-state index in [-0.39, 0.29) is 15.9 Å². The highest BCUT2D eigenvalue weighted by atomic mass is 28.4. The molecule has 0 bridgehead atoms. The highest BCUT2D eigenvalue weighted by molar-refractivity contribution is 7.02. The molecule has 1 aliphatic heterocycles. The van der Waals surface area contributed by atoms with Crippen molar-refractivity contribution in [3.8, 4) is 0 Å². The zero-order valence-corrected chi connectivity index (χ0v) is 25.0. The molecule has 1 rings (SSSR count). The fourth-order valence-electron chi connectivity index (χ4n) is 4.55. The molecule has 0 spiro atoms. The predicted octanol–water partition coefficient (Wildman–Crippen LogP) is 8.13. The maximum absolute atomic E-state index is 5.58. The molecule has 5 heteroatoms. The minimum Gasteiger partial charge on any atom is -0.298 e. The Balaban J connectivity index is 3.98. The molecule has 2 unspecified atom stereocenters. The van der Waals surface area contributed by atoms with Crippen molar-refractivity contribution < 1.29 is 0 Å². The third-order valence-electron chi connectivity index (χ3n) is 6.20. The summed E-state index contributed by atoms with van der Waals surface area (Å²) in [5.74, 6) is 0. The minimum absolute atomic E-state index is 0.0978. The van der Waals surface area contributed by atoms with Crippen LogP contribution in [0.5, 0.6) is 0 Å². The van der Waals surface area contributed by atoms with E-state index in [4.69, 9.17) is 5.10 Å². The van der Waals surface area contributed by atoms with Gasteiger partial charge >= 0.3 is 0 Å². The molecule has 164 valence electrons. The monoisotopic (exact) mass is 438 g/mol. The van der Waals surface area contributed by atoms with Crippen molar-refractivity contribution in [3.63, 3.8) is 0 Å². The van der Waals surface area contributed by atoms with Crippen LogP contribution in [-0.2, 0) is 0 Å². The van der Waals surface area contributed by atoms with E-state index in [9.17, 15) is 0 Å². The molecule has 2 atom stereocenters. The van der Waals surface area contributed by atoms with Crippen molar-refractivity contribution >= 4 is 30.1 Å². The van der Waals surface area contributed by atoms with Crippen LogP contribution in [0.25, 0.3) is 0 Å². The van der Waals surface area contributed by atoms with E-state index in [1.807, 2.05) is 0 Å². The number of allylic oxidation sites excluding steroid dienone is 1. The fraction of sp³-hybridized carbons (Fsp3) is 0.870. The molecule has 0 radical (unpaired) electrons. The van der Waals surface area contributed by atoms with Crippen LogP contribution in [0.15, 0.2) is 16.5 Å². The van der Waals surface area contributed by atoms with Gasteiger partial charge in [0.1, 0.15) is 0 Å². The Morgan fingerprint density at radius 3 is 1.57 bits per heavy atom. The first-order valence-electron chi connectivity index (χ1n) is 11.1.